The van der Waals surface area contributed by atoms with Crippen LogP contribution in [0.4, 0.5) is 4.79 Å². The molecule has 3 rings (SSSR count). The molecule has 0 aromatic heterocycles. The zero-order valence-corrected chi connectivity index (χ0v) is 16.7. The monoisotopic (exact) mass is 408 g/mol. The maximum atomic E-state index is 12.1. The lowest BCUT2D eigenvalue weighted by Crippen LogP contribution is -2.28. The maximum absolute atomic E-state index is 12.1. The summed E-state index contributed by atoms with van der Waals surface area (Å²) in [4.78, 5) is 35.7. The van der Waals surface area contributed by atoms with Crippen molar-refractivity contribution in [1.29, 1.82) is 0 Å². The van der Waals surface area contributed by atoms with Crippen molar-refractivity contribution in [2.75, 3.05) is 26.7 Å². The summed E-state index contributed by atoms with van der Waals surface area (Å²) in [6.07, 6.45) is 2.12. The van der Waals surface area contributed by atoms with Crippen LogP contribution in [0.15, 0.2) is 60.7 Å². The molecule has 2 amide bonds. The molecule has 0 spiro atoms. The number of aliphatic carboxylic acids is 1. The number of ether oxygens (including phenoxy) is 1. The molecule has 1 aliphatic rings. The number of carbonyl (C=O) groups is 3. The first kappa shape index (κ1) is 21.1. The summed E-state index contributed by atoms with van der Waals surface area (Å²) >= 11 is 0. The maximum Gasteiger partial charge on any atom is 0.407 e. The predicted molar refractivity (Wildman–Crippen MR) is 112 cm³/mol. The average molecular weight is 408 g/mol. The molecule has 156 valence electrons. The first-order valence-electron chi connectivity index (χ1n) is 9.69. The highest BCUT2D eigenvalue weighted by molar-refractivity contribution is 5.87. The van der Waals surface area contributed by atoms with Crippen molar-refractivity contribution < 1.29 is 24.2 Å². The smallest absolute Gasteiger partial charge is 0.407 e. The SMILES string of the molecule is CN(CCC(=O)O)C(=O)/C=C/CNC(=O)OCC1c2ccccc2-c2ccccc21. The molecule has 0 bridgehead atoms. The third-order valence-electron chi connectivity index (χ3n) is 5.01. The first-order valence-corrected chi connectivity index (χ1v) is 9.69. The van der Waals surface area contributed by atoms with Gasteiger partial charge in [0.1, 0.15) is 6.61 Å². The molecule has 7 heteroatoms. The predicted octanol–water partition coefficient (Wildman–Crippen LogP) is 3.01. The van der Waals surface area contributed by atoms with Crippen molar-refractivity contribution in [3.63, 3.8) is 0 Å². The van der Waals surface area contributed by atoms with Crippen molar-refractivity contribution in [2.45, 2.75) is 12.3 Å². The van der Waals surface area contributed by atoms with E-state index in [1.54, 1.807) is 0 Å². The molecule has 30 heavy (non-hydrogen) atoms. The number of carbonyl (C=O) groups excluding carboxylic acids is 2. The Morgan fingerprint density at radius 3 is 2.27 bits per heavy atom. The van der Waals surface area contributed by atoms with Gasteiger partial charge in [-0.3, -0.25) is 9.59 Å². The van der Waals surface area contributed by atoms with Crippen LogP contribution in [-0.2, 0) is 14.3 Å². The fourth-order valence-corrected chi connectivity index (χ4v) is 3.45. The van der Waals surface area contributed by atoms with Crippen LogP contribution in [0.1, 0.15) is 23.5 Å². The third-order valence-corrected chi connectivity index (χ3v) is 5.01. The Balaban J connectivity index is 1.48. The molecule has 0 heterocycles. The van der Waals surface area contributed by atoms with Crippen molar-refractivity contribution in [2.24, 2.45) is 0 Å². The first-order chi connectivity index (χ1) is 14.5. The van der Waals surface area contributed by atoms with Gasteiger partial charge in [0, 0.05) is 32.1 Å². The van der Waals surface area contributed by atoms with Gasteiger partial charge in [-0.15, -0.1) is 0 Å². The lowest BCUT2D eigenvalue weighted by molar-refractivity contribution is -0.137. The van der Waals surface area contributed by atoms with Gasteiger partial charge in [0.25, 0.3) is 0 Å². The van der Waals surface area contributed by atoms with Crippen molar-refractivity contribution in [3.8, 4) is 11.1 Å². The van der Waals surface area contributed by atoms with E-state index >= 15 is 0 Å². The van der Waals surface area contributed by atoms with Gasteiger partial charge in [0.15, 0.2) is 0 Å². The molecular weight excluding hydrogens is 384 g/mol. The van der Waals surface area contributed by atoms with Crippen molar-refractivity contribution in [3.05, 3.63) is 71.8 Å². The van der Waals surface area contributed by atoms with E-state index in [2.05, 4.69) is 29.6 Å². The van der Waals surface area contributed by atoms with E-state index in [0.29, 0.717) is 0 Å². The highest BCUT2D eigenvalue weighted by atomic mass is 16.5. The Morgan fingerprint density at radius 2 is 1.67 bits per heavy atom. The Kier molecular flexibility index (Phi) is 6.85. The molecule has 0 unspecified atom stereocenters. The van der Waals surface area contributed by atoms with E-state index in [-0.39, 0.29) is 37.9 Å². The zero-order valence-electron chi connectivity index (χ0n) is 16.7. The van der Waals surface area contributed by atoms with Gasteiger partial charge in [-0.2, -0.15) is 0 Å². The van der Waals surface area contributed by atoms with Crippen LogP contribution in [0.25, 0.3) is 11.1 Å². The summed E-state index contributed by atoms with van der Waals surface area (Å²) in [5, 5.41) is 11.2. The number of hydrogen-bond acceptors (Lipinski definition) is 4. The minimum atomic E-state index is -0.962. The molecule has 0 aliphatic heterocycles. The van der Waals surface area contributed by atoms with Gasteiger partial charge in [-0.05, 0) is 22.3 Å². The van der Waals surface area contributed by atoms with Gasteiger partial charge < -0.3 is 20.1 Å². The summed E-state index contributed by atoms with van der Waals surface area (Å²) < 4.78 is 5.41. The number of hydrogen-bond donors (Lipinski definition) is 2. The average Bonchev–Trinajstić information content (AvgIpc) is 3.07. The Morgan fingerprint density at radius 1 is 1.07 bits per heavy atom. The molecule has 2 aromatic carbocycles. The molecule has 0 atom stereocenters. The number of likely N-dealkylation sites (N-methyl/N-ethyl adjacent to an activating group) is 1. The second-order valence-corrected chi connectivity index (χ2v) is 7.01. The lowest BCUT2D eigenvalue weighted by Gasteiger charge is -2.14. The highest BCUT2D eigenvalue weighted by Gasteiger charge is 2.28. The van der Waals surface area contributed by atoms with E-state index in [1.165, 1.54) is 24.1 Å². The van der Waals surface area contributed by atoms with E-state index in [0.717, 1.165) is 22.3 Å². The summed E-state index contributed by atoms with van der Waals surface area (Å²) in [7, 11) is 1.52. The van der Waals surface area contributed by atoms with Gasteiger partial charge in [0.2, 0.25) is 5.91 Å². The largest absolute Gasteiger partial charge is 0.481 e. The third kappa shape index (κ3) is 5.05. The topological polar surface area (TPSA) is 95.9 Å². The number of alkyl carbamates (subject to hydrolysis) is 1. The van der Waals surface area contributed by atoms with Gasteiger partial charge >= 0.3 is 12.1 Å². The second-order valence-electron chi connectivity index (χ2n) is 7.01. The molecule has 2 N–H and O–H groups in total. The highest BCUT2D eigenvalue weighted by Crippen LogP contribution is 2.44. The Labute approximate surface area is 175 Å². The number of benzene rings is 2. The van der Waals surface area contributed by atoms with Crippen molar-refractivity contribution >= 4 is 18.0 Å². The zero-order chi connectivity index (χ0) is 21.5. The fourth-order valence-electron chi connectivity index (χ4n) is 3.45. The lowest BCUT2D eigenvalue weighted by atomic mass is 9.98. The van der Waals surface area contributed by atoms with Gasteiger partial charge in [0.05, 0.1) is 6.42 Å². The Hall–Kier alpha value is -3.61. The van der Waals surface area contributed by atoms with Crippen LogP contribution < -0.4 is 5.32 Å². The van der Waals surface area contributed by atoms with Crippen LogP contribution in [0.2, 0.25) is 0 Å². The number of carboxylic acid groups (broad SMARTS) is 1. The number of rotatable bonds is 8. The Bertz CT molecular complexity index is 924. The molecular formula is C23H24N2O5. The molecule has 2 aromatic rings. The van der Waals surface area contributed by atoms with E-state index in [9.17, 15) is 14.4 Å². The van der Waals surface area contributed by atoms with E-state index in [1.807, 2.05) is 24.3 Å². The quantitative estimate of drug-likeness (QED) is 0.655. The standard InChI is InChI=1S/C23H24N2O5/c1-25(14-12-22(27)28)21(26)11-6-13-24-23(29)30-15-20-18-9-4-2-7-16(18)17-8-3-5-10-19(17)20/h2-11,20H,12-15H2,1H3,(H,24,29)(H,27,28)/b11-6+. The number of carboxylic acids is 1. The fraction of sp³-hybridized carbons (Fsp3) is 0.261. The van der Waals surface area contributed by atoms with Crippen LogP contribution in [0.3, 0.4) is 0 Å². The van der Waals surface area contributed by atoms with Crippen LogP contribution in [0, 0.1) is 0 Å². The number of amides is 2. The molecule has 0 saturated carbocycles. The number of nitrogens with one attached hydrogen (secondary N) is 1. The van der Waals surface area contributed by atoms with Crippen LogP contribution in [0.5, 0.6) is 0 Å². The molecule has 0 fully saturated rings. The van der Waals surface area contributed by atoms with Crippen molar-refractivity contribution in [1.82, 2.24) is 10.2 Å². The van der Waals surface area contributed by atoms with Crippen LogP contribution in [-0.4, -0.2) is 54.7 Å². The summed E-state index contributed by atoms with van der Waals surface area (Å²) in [5.41, 5.74) is 4.61. The van der Waals surface area contributed by atoms with Crippen LogP contribution >= 0.6 is 0 Å². The van der Waals surface area contributed by atoms with Gasteiger partial charge in [-0.25, -0.2) is 4.79 Å². The second kappa shape index (κ2) is 9.73. The summed E-state index contributed by atoms with van der Waals surface area (Å²) in [6.45, 7) is 0.480. The molecule has 1 aliphatic carbocycles. The minimum absolute atomic E-state index is 0.0110. The normalized spacial score (nSPS) is 12.3. The van der Waals surface area contributed by atoms with Gasteiger partial charge in [-0.1, -0.05) is 54.6 Å². The number of nitrogens with zero attached hydrogens (tertiary/aromatic N) is 1. The van der Waals surface area contributed by atoms with E-state index in [4.69, 9.17) is 9.84 Å². The molecule has 0 radical (unpaired) electrons. The molecule has 7 nitrogen and oxygen atoms in total. The summed E-state index contributed by atoms with van der Waals surface area (Å²) in [5.74, 6) is -1.30. The van der Waals surface area contributed by atoms with E-state index < -0.39 is 12.1 Å². The summed E-state index contributed by atoms with van der Waals surface area (Å²) in [6, 6.07) is 16.2. The number of fused-ring (bicyclic) bond motifs is 3. The molecule has 0 saturated heterocycles. The minimum Gasteiger partial charge on any atom is -0.481 e.